The van der Waals surface area contributed by atoms with Crippen molar-refractivity contribution in [3.05, 3.63) is 38.3 Å². The van der Waals surface area contributed by atoms with Crippen LogP contribution in [0, 0.1) is 10.1 Å². The highest BCUT2D eigenvalue weighted by atomic mass is 79.9. The smallest absolute Gasteiger partial charge is 0.325 e. The zero-order valence-electron chi connectivity index (χ0n) is 9.21. The third-order valence-electron chi connectivity index (χ3n) is 2.12. The van der Waals surface area contributed by atoms with Gasteiger partial charge >= 0.3 is 5.97 Å². The number of carboxylic acids is 1. The lowest BCUT2D eigenvalue weighted by molar-refractivity contribution is -0.385. The highest BCUT2D eigenvalue weighted by Gasteiger charge is 2.19. The highest BCUT2D eigenvalue weighted by Crippen LogP contribution is 2.25. The van der Waals surface area contributed by atoms with Gasteiger partial charge in [0.2, 0.25) is 0 Å². The summed E-state index contributed by atoms with van der Waals surface area (Å²) in [5.74, 6) is -1.87. The van der Waals surface area contributed by atoms with E-state index in [1.165, 1.54) is 19.1 Å². The van der Waals surface area contributed by atoms with E-state index in [0.717, 1.165) is 6.07 Å². The van der Waals surface area contributed by atoms with E-state index in [2.05, 4.69) is 21.2 Å². The summed E-state index contributed by atoms with van der Waals surface area (Å²) in [4.78, 5) is 32.2. The Morgan fingerprint density at radius 2 is 2.11 bits per heavy atom. The molecule has 1 aromatic carbocycles. The molecular formula is C10H9BrN2O5. The van der Waals surface area contributed by atoms with Gasteiger partial charge in [0.05, 0.1) is 9.40 Å². The summed E-state index contributed by atoms with van der Waals surface area (Å²) in [6, 6.07) is 2.73. The molecule has 0 saturated heterocycles. The Labute approximate surface area is 110 Å². The molecule has 0 bridgehead atoms. The lowest BCUT2D eigenvalue weighted by atomic mass is 10.2. The largest absolute Gasteiger partial charge is 0.480 e. The Bertz CT molecular complexity index is 517. The van der Waals surface area contributed by atoms with E-state index in [1.807, 2.05) is 0 Å². The van der Waals surface area contributed by atoms with Gasteiger partial charge in [-0.3, -0.25) is 19.7 Å². The van der Waals surface area contributed by atoms with Crippen molar-refractivity contribution in [3.63, 3.8) is 0 Å². The van der Waals surface area contributed by atoms with Gasteiger partial charge in [0.25, 0.3) is 11.6 Å². The number of hydrogen-bond donors (Lipinski definition) is 2. The van der Waals surface area contributed by atoms with Gasteiger partial charge in [-0.25, -0.2) is 0 Å². The lowest BCUT2D eigenvalue weighted by Crippen LogP contribution is -2.38. The minimum Gasteiger partial charge on any atom is -0.480 e. The molecule has 0 unspecified atom stereocenters. The van der Waals surface area contributed by atoms with Crippen LogP contribution in [0.15, 0.2) is 22.7 Å². The molecule has 0 saturated carbocycles. The molecule has 96 valence electrons. The fourth-order valence-corrected chi connectivity index (χ4v) is 1.53. The van der Waals surface area contributed by atoms with E-state index in [9.17, 15) is 19.7 Å². The molecule has 0 aliphatic heterocycles. The van der Waals surface area contributed by atoms with Crippen LogP contribution in [0.5, 0.6) is 0 Å². The molecule has 1 rings (SSSR count). The second-order valence-electron chi connectivity index (χ2n) is 3.46. The maximum Gasteiger partial charge on any atom is 0.325 e. The van der Waals surface area contributed by atoms with Gasteiger partial charge in [-0.2, -0.15) is 0 Å². The average Bonchev–Trinajstić information content (AvgIpc) is 2.28. The van der Waals surface area contributed by atoms with Crippen molar-refractivity contribution in [2.45, 2.75) is 13.0 Å². The molecule has 1 atom stereocenters. The Morgan fingerprint density at radius 3 is 2.61 bits per heavy atom. The molecule has 0 aliphatic rings. The fraction of sp³-hybridized carbons (Fsp3) is 0.200. The molecule has 1 amide bonds. The standard InChI is InChI=1S/C10H9BrN2O5/c1-5(10(15)16)12-9(14)6-2-3-7(11)8(4-6)13(17)18/h2-5H,1H3,(H,12,14)(H,15,16)/t5-/m0/s1. The molecule has 0 spiro atoms. The minimum absolute atomic E-state index is 0.0259. The van der Waals surface area contributed by atoms with Gasteiger partial charge < -0.3 is 10.4 Å². The number of nitro benzene ring substituents is 1. The van der Waals surface area contributed by atoms with Gasteiger partial charge in [-0.15, -0.1) is 0 Å². The number of amides is 1. The van der Waals surface area contributed by atoms with Gasteiger partial charge in [0, 0.05) is 11.6 Å². The molecule has 0 heterocycles. The van der Waals surface area contributed by atoms with Crippen molar-refractivity contribution >= 4 is 33.5 Å². The SMILES string of the molecule is C[C@H](NC(=O)c1ccc(Br)c([N+](=O)[O-])c1)C(=O)O. The summed E-state index contributed by atoms with van der Waals surface area (Å²) >= 11 is 2.99. The van der Waals surface area contributed by atoms with E-state index >= 15 is 0 Å². The predicted octanol–water partition coefficient (Wildman–Crippen LogP) is 1.56. The molecule has 18 heavy (non-hydrogen) atoms. The quantitative estimate of drug-likeness (QED) is 0.647. The third kappa shape index (κ3) is 3.27. The van der Waals surface area contributed by atoms with Crippen molar-refractivity contribution in [2.75, 3.05) is 0 Å². The van der Waals surface area contributed by atoms with E-state index in [4.69, 9.17) is 5.11 Å². The first kappa shape index (κ1) is 14.1. The van der Waals surface area contributed by atoms with Crippen LogP contribution in [0.4, 0.5) is 5.69 Å². The number of benzene rings is 1. The summed E-state index contributed by atoms with van der Waals surface area (Å²) in [6.07, 6.45) is 0. The van der Waals surface area contributed by atoms with Crippen molar-refractivity contribution < 1.29 is 19.6 Å². The highest BCUT2D eigenvalue weighted by molar-refractivity contribution is 9.10. The van der Waals surface area contributed by atoms with Crippen LogP contribution in [-0.2, 0) is 4.79 Å². The topological polar surface area (TPSA) is 110 Å². The molecule has 8 heteroatoms. The Kier molecular flexibility index (Phi) is 4.38. The molecular weight excluding hydrogens is 308 g/mol. The van der Waals surface area contributed by atoms with Crippen LogP contribution < -0.4 is 5.32 Å². The second-order valence-corrected chi connectivity index (χ2v) is 4.31. The molecule has 1 aromatic rings. The molecule has 2 N–H and O–H groups in total. The van der Waals surface area contributed by atoms with Crippen molar-refractivity contribution in [3.8, 4) is 0 Å². The third-order valence-corrected chi connectivity index (χ3v) is 2.79. The van der Waals surface area contributed by atoms with E-state index in [1.54, 1.807) is 0 Å². The Hall–Kier alpha value is -1.96. The van der Waals surface area contributed by atoms with Crippen LogP contribution >= 0.6 is 15.9 Å². The zero-order chi connectivity index (χ0) is 13.9. The zero-order valence-corrected chi connectivity index (χ0v) is 10.8. The number of carboxylic acid groups (broad SMARTS) is 1. The summed E-state index contributed by atoms with van der Waals surface area (Å²) in [6.45, 7) is 1.30. The number of carbonyl (C=O) groups excluding carboxylic acids is 1. The number of nitro groups is 1. The number of aliphatic carboxylic acids is 1. The summed E-state index contributed by atoms with van der Waals surface area (Å²) in [5.41, 5.74) is -0.233. The maximum absolute atomic E-state index is 11.6. The Morgan fingerprint density at radius 1 is 1.50 bits per heavy atom. The number of carbonyl (C=O) groups is 2. The van der Waals surface area contributed by atoms with Crippen LogP contribution in [0.25, 0.3) is 0 Å². The van der Waals surface area contributed by atoms with Crippen LogP contribution in [0.2, 0.25) is 0 Å². The number of halogens is 1. The van der Waals surface area contributed by atoms with E-state index in [0.29, 0.717) is 0 Å². The lowest BCUT2D eigenvalue weighted by Gasteiger charge is -2.09. The average molecular weight is 317 g/mol. The molecule has 7 nitrogen and oxygen atoms in total. The monoisotopic (exact) mass is 316 g/mol. The molecule has 0 fully saturated rings. The predicted molar refractivity (Wildman–Crippen MR) is 65.4 cm³/mol. The summed E-state index contributed by atoms with van der Waals surface area (Å²) in [7, 11) is 0. The van der Waals surface area contributed by atoms with Gasteiger partial charge in [-0.1, -0.05) is 0 Å². The number of nitrogens with one attached hydrogen (secondary N) is 1. The van der Waals surface area contributed by atoms with E-state index < -0.39 is 22.8 Å². The number of nitrogens with zero attached hydrogens (tertiary/aromatic N) is 1. The normalized spacial score (nSPS) is 11.7. The van der Waals surface area contributed by atoms with E-state index in [-0.39, 0.29) is 15.7 Å². The molecule has 0 aliphatic carbocycles. The minimum atomic E-state index is -1.19. The van der Waals surface area contributed by atoms with Crippen molar-refractivity contribution in [1.29, 1.82) is 0 Å². The first-order valence-electron chi connectivity index (χ1n) is 4.80. The molecule has 0 radical (unpaired) electrons. The van der Waals surface area contributed by atoms with Gasteiger partial charge in [0.15, 0.2) is 0 Å². The van der Waals surface area contributed by atoms with Crippen LogP contribution in [-0.4, -0.2) is 27.9 Å². The first-order valence-corrected chi connectivity index (χ1v) is 5.60. The Balaban J connectivity index is 2.97. The second kappa shape index (κ2) is 5.58. The molecule has 0 aromatic heterocycles. The van der Waals surface area contributed by atoms with Gasteiger partial charge in [0.1, 0.15) is 6.04 Å². The van der Waals surface area contributed by atoms with Gasteiger partial charge in [-0.05, 0) is 35.0 Å². The van der Waals surface area contributed by atoms with Crippen LogP contribution in [0.3, 0.4) is 0 Å². The van der Waals surface area contributed by atoms with Crippen LogP contribution in [0.1, 0.15) is 17.3 Å². The number of hydrogen-bond acceptors (Lipinski definition) is 4. The summed E-state index contributed by atoms with van der Waals surface area (Å²) in [5, 5.41) is 21.5. The van der Waals surface area contributed by atoms with Crippen molar-refractivity contribution in [1.82, 2.24) is 5.32 Å². The maximum atomic E-state index is 11.6. The first-order chi connectivity index (χ1) is 8.32. The number of rotatable bonds is 4. The summed E-state index contributed by atoms with van der Waals surface area (Å²) < 4.78 is 0.246. The van der Waals surface area contributed by atoms with Crippen molar-refractivity contribution in [2.24, 2.45) is 0 Å². The fourth-order valence-electron chi connectivity index (χ4n) is 1.14.